The normalized spacial score (nSPS) is 19.9. The van der Waals surface area contributed by atoms with Crippen molar-refractivity contribution < 1.29 is 23.0 Å². The van der Waals surface area contributed by atoms with Crippen molar-refractivity contribution in [2.24, 2.45) is 0 Å². The summed E-state index contributed by atoms with van der Waals surface area (Å²) in [5, 5.41) is 0. The molecule has 2 atom stereocenters. The minimum atomic E-state index is -4.20. The molecule has 5 nitrogen and oxygen atoms in total. The lowest BCUT2D eigenvalue weighted by molar-refractivity contribution is -0.896. The molecule has 1 heterocycles. The van der Waals surface area contributed by atoms with Gasteiger partial charge in [-0.05, 0) is 13.3 Å². The van der Waals surface area contributed by atoms with Gasteiger partial charge in [-0.2, -0.15) is 0 Å². The summed E-state index contributed by atoms with van der Waals surface area (Å²) in [6.07, 6.45) is 20.4. The Bertz CT molecular complexity index is 476. The molecular formula is C25H52NO4P. The predicted octanol–water partition coefficient (Wildman–Crippen LogP) is 6.99. The van der Waals surface area contributed by atoms with E-state index in [1.807, 2.05) is 6.92 Å². The number of phosphoric ester groups is 1. The first kappa shape index (κ1) is 29.1. The summed E-state index contributed by atoms with van der Waals surface area (Å²) in [4.78, 5) is 12.2. The molecule has 1 rings (SSSR count). The summed E-state index contributed by atoms with van der Waals surface area (Å²) in [7, 11) is 0.133. The highest BCUT2D eigenvalue weighted by atomic mass is 31.2. The summed E-state index contributed by atoms with van der Waals surface area (Å²) in [5.74, 6) is 0. The number of rotatable bonds is 19. The third-order valence-corrected chi connectivity index (χ3v) is 7.84. The van der Waals surface area contributed by atoms with Crippen molar-refractivity contribution in [1.82, 2.24) is 0 Å². The molecule has 0 bridgehead atoms. The van der Waals surface area contributed by atoms with Crippen LogP contribution in [-0.2, 0) is 13.6 Å². The van der Waals surface area contributed by atoms with Crippen LogP contribution in [0.4, 0.5) is 0 Å². The number of unbranched alkanes of at least 4 members (excludes halogenated alkanes) is 13. The first-order valence-corrected chi connectivity index (χ1v) is 14.7. The Kier molecular flexibility index (Phi) is 15.6. The second-order valence-corrected chi connectivity index (χ2v) is 11.8. The van der Waals surface area contributed by atoms with E-state index in [0.717, 1.165) is 49.7 Å². The molecular weight excluding hydrogens is 409 g/mol. The molecule has 1 aliphatic rings. The van der Waals surface area contributed by atoms with E-state index in [0.29, 0.717) is 0 Å². The van der Waals surface area contributed by atoms with E-state index < -0.39 is 7.82 Å². The summed E-state index contributed by atoms with van der Waals surface area (Å²) in [6, 6.07) is 0. The number of hydrogen-bond acceptors (Lipinski definition) is 4. The zero-order valence-corrected chi connectivity index (χ0v) is 22.0. The van der Waals surface area contributed by atoms with Crippen molar-refractivity contribution >= 4 is 7.82 Å². The Balaban J connectivity index is 1.94. The van der Waals surface area contributed by atoms with Crippen molar-refractivity contribution in [3.63, 3.8) is 0 Å². The van der Waals surface area contributed by atoms with Gasteiger partial charge in [0.2, 0.25) is 0 Å². The Morgan fingerprint density at radius 3 is 1.71 bits per heavy atom. The fraction of sp³-hybridized carbons (Fsp3) is 1.00. The molecule has 0 aliphatic carbocycles. The number of likely N-dealkylation sites (tertiary alicyclic amines) is 1. The fourth-order valence-electron chi connectivity index (χ4n) is 4.46. The van der Waals surface area contributed by atoms with Gasteiger partial charge < -0.3 is 18.4 Å². The summed E-state index contributed by atoms with van der Waals surface area (Å²) in [6.45, 7) is 6.00. The van der Waals surface area contributed by atoms with E-state index >= 15 is 0 Å². The van der Waals surface area contributed by atoms with Gasteiger partial charge >= 0.3 is 0 Å². The van der Waals surface area contributed by atoms with Crippen LogP contribution in [-0.4, -0.2) is 43.9 Å². The van der Waals surface area contributed by atoms with E-state index in [9.17, 15) is 9.46 Å². The summed E-state index contributed by atoms with van der Waals surface area (Å²) < 4.78 is 23.7. The molecule has 0 amide bonds. The number of hydrogen-bond donors (Lipinski definition) is 0. The molecule has 186 valence electrons. The highest BCUT2D eigenvalue weighted by Crippen LogP contribution is 2.43. The average Bonchev–Trinajstić information content (AvgIpc) is 2.69. The highest BCUT2D eigenvalue weighted by molar-refractivity contribution is 7.45. The Morgan fingerprint density at radius 2 is 1.26 bits per heavy atom. The summed E-state index contributed by atoms with van der Waals surface area (Å²) >= 11 is 0. The van der Waals surface area contributed by atoms with Crippen LogP contribution in [0.5, 0.6) is 0 Å². The number of nitrogens with zero attached hydrogens (tertiary/aromatic N) is 1. The standard InChI is InChI=1S/C25H52NO4P/c1-5-6-7-8-9-10-11-12-13-14-15-16-17-18-19-24(2)29-31(27,28)30-25-20-22-26(3,4)23-21-25/h24-25H,5-23H2,1-4H3. The van der Waals surface area contributed by atoms with E-state index in [-0.39, 0.29) is 12.2 Å². The van der Waals surface area contributed by atoms with E-state index in [1.165, 1.54) is 77.0 Å². The van der Waals surface area contributed by atoms with Gasteiger partial charge in [0.1, 0.15) is 0 Å². The Hall–Kier alpha value is 0.0700. The molecule has 0 aromatic carbocycles. The molecule has 6 heteroatoms. The van der Waals surface area contributed by atoms with E-state index in [1.54, 1.807) is 0 Å². The van der Waals surface area contributed by atoms with Crippen molar-refractivity contribution in [1.29, 1.82) is 0 Å². The second-order valence-electron chi connectivity index (χ2n) is 10.4. The van der Waals surface area contributed by atoms with Gasteiger partial charge in [0, 0.05) is 12.8 Å². The van der Waals surface area contributed by atoms with Crippen LogP contribution >= 0.6 is 7.82 Å². The quantitative estimate of drug-likeness (QED) is 0.118. The predicted molar refractivity (Wildman–Crippen MR) is 129 cm³/mol. The maximum atomic E-state index is 12.2. The molecule has 0 aromatic rings. The van der Waals surface area contributed by atoms with Crippen LogP contribution in [0.3, 0.4) is 0 Å². The summed E-state index contributed by atoms with van der Waals surface area (Å²) in [5.41, 5.74) is 0. The van der Waals surface area contributed by atoms with Crippen LogP contribution in [0, 0.1) is 0 Å². The molecule has 1 fully saturated rings. The molecule has 0 radical (unpaired) electrons. The maximum absolute atomic E-state index is 12.2. The van der Waals surface area contributed by atoms with Crippen LogP contribution in [0.15, 0.2) is 0 Å². The van der Waals surface area contributed by atoms with Crippen LogP contribution in [0.1, 0.15) is 123 Å². The van der Waals surface area contributed by atoms with Gasteiger partial charge in [0.25, 0.3) is 7.82 Å². The number of piperidine rings is 1. The molecule has 1 aliphatic heterocycles. The lowest BCUT2D eigenvalue weighted by atomic mass is 10.0. The van der Waals surface area contributed by atoms with Crippen molar-refractivity contribution in [2.45, 2.75) is 135 Å². The fourth-order valence-corrected chi connectivity index (χ4v) is 5.63. The first-order valence-electron chi connectivity index (χ1n) is 13.2. The number of phosphoric acid groups is 1. The topological polar surface area (TPSA) is 58.6 Å². The monoisotopic (exact) mass is 461 g/mol. The maximum Gasteiger partial charge on any atom is 0.268 e. The van der Waals surface area contributed by atoms with Gasteiger partial charge in [-0.25, -0.2) is 0 Å². The van der Waals surface area contributed by atoms with Crippen LogP contribution in [0.25, 0.3) is 0 Å². The molecule has 0 aromatic heterocycles. The molecule has 31 heavy (non-hydrogen) atoms. The van der Waals surface area contributed by atoms with Crippen molar-refractivity contribution in [3.8, 4) is 0 Å². The van der Waals surface area contributed by atoms with Crippen LogP contribution < -0.4 is 4.89 Å². The average molecular weight is 462 g/mol. The van der Waals surface area contributed by atoms with Crippen molar-refractivity contribution in [2.75, 3.05) is 27.2 Å². The second kappa shape index (κ2) is 16.6. The largest absolute Gasteiger partial charge is 0.756 e. The minimum Gasteiger partial charge on any atom is -0.756 e. The zero-order chi connectivity index (χ0) is 23.0. The highest BCUT2D eigenvalue weighted by Gasteiger charge is 2.29. The van der Waals surface area contributed by atoms with Crippen LogP contribution in [0.2, 0.25) is 0 Å². The molecule has 0 spiro atoms. The molecule has 1 saturated heterocycles. The smallest absolute Gasteiger partial charge is 0.268 e. The SMILES string of the molecule is CCCCCCCCCCCCCCCCC(C)OP(=O)([O-])OC1CC[N+](C)(C)CC1. The first-order chi connectivity index (χ1) is 14.7. The van der Waals surface area contributed by atoms with Gasteiger partial charge in [-0.15, -0.1) is 0 Å². The van der Waals surface area contributed by atoms with Gasteiger partial charge in [-0.3, -0.25) is 4.57 Å². The molecule has 2 unspecified atom stereocenters. The minimum absolute atomic E-state index is 0.220. The van der Waals surface area contributed by atoms with E-state index in [4.69, 9.17) is 9.05 Å². The Morgan fingerprint density at radius 1 is 0.839 bits per heavy atom. The lowest BCUT2D eigenvalue weighted by Gasteiger charge is -2.39. The van der Waals surface area contributed by atoms with Gasteiger partial charge in [0.15, 0.2) is 0 Å². The Labute approximate surface area is 193 Å². The number of quaternary nitrogens is 1. The molecule has 0 saturated carbocycles. The zero-order valence-electron chi connectivity index (χ0n) is 21.1. The lowest BCUT2D eigenvalue weighted by Crippen LogP contribution is -2.48. The van der Waals surface area contributed by atoms with Gasteiger partial charge in [0.05, 0.1) is 39.4 Å². The van der Waals surface area contributed by atoms with E-state index in [2.05, 4.69) is 21.0 Å². The third-order valence-electron chi connectivity index (χ3n) is 6.66. The van der Waals surface area contributed by atoms with Gasteiger partial charge in [-0.1, -0.05) is 96.8 Å². The van der Waals surface area contributed by atoms with Crippen molar-refractivity contribution in [3.05, 3.63) is 0 Å². The third kappa shape index (κ3) is 16.3. The molecule has 0 N–H and O–H groups in total.